The molecule has 2 aromatic rings. The zero-order valence-corrected chi connectivity index (χ0v) is 25.7. The first kappa shape index (κ1) is 27.7. The number of likely N-dealkylation sites (tertiary alicyclic amines) is 1. The van der Waals surface area contributed by atoms with Crippen LogP contribution in [0.2, 0.25) is 10.0 Å². The minimum absolute atomic E-state index is 0.0650. The van der Waals surface area contributed by atoms with Crippen molar-refractivity contribution >= 4 is 29.1 Å². The van der Waals surface area contributed by atoms with E-state index in [4.69, 9.17) is 32.7 Å². The predicted molar refractivity (Wildman–Crippen MR) is 160 cm³/mol. The fourth-order valence-electron chi connectivity index (χ4n) is 8.72. The summed E-state index contributed by atoms with van der Waals surface area (Å²) >= 11 is 12.5. The van der Waals surface area contributed by atoms with Crippen LogP contribution in [0.4, 0.5) is 0 Å². The number of nitrogens with zero attached hydrogens (tertiary/aromatic N) is 2. The Morgan fingerprint density at radius 3 is 2.71 bits per heavy atom. The molecular formula is C33H40Cl2N2O4. The molecule has 1 saturated heterocycles. The van der Waals surface area contributed by atoms with Gasteiger partial charge in [-0.2, -0.15) is 0 Å². The molecule has 2 bridgehead atoms. The number of phenolic OH excluding ortho intramolecular Hbond substituents is 1. The largest absolute Gasteiger partial charge is 0.508 e. The van der Waals surface area contributed by atoms with Gasteiger partial charge >= 0.3 is 0 Å². The molecule has 0 unspecified atom stereocenters. The van der Waals surface area contributed by atoms with E-state index >= 15 is 0 Å². The third kappa shape index (κ3) is 4.42. The number of phenols is 1. The van der Waals surface area contributed by atoms with E-state index in [0.29, 0.717) is 46.0 Å². The molecule has 6 nitrogen and oxygen atoms in total. The predicted octanol–water partition coefficient (Wildman–Crippen LogP) is 6.25. The summed E-state index contributed by atoms with van der Waals surface area (Å²) in [6.45, 7) is 7.18. The van der Waals surface area contributed by atoms with Crippen molar-refractivity contribution in [3.05, 3.63) is 51.0 Å². The van der Waals surface area contributed by atoms with Crippen molar-refractivity contribution in [3.8, 4) is 17.2 Å². The molecule has 3 aliphatic carbocycles. The van der Waals surface area contributed by atoms with E-state index in [-0.39, 0.29) is 29.9 Å². The van der Waals surface area contributed by atoms with Crippen LogP contribution in [0.3, 0.4) is 0 Å². The molecule has 0 aromatic heterocycles. The number of hydrogen-bond donors (Lipinski definition) is 1. The number of carbonyl (C=O) groups is 1. The minimum Gasteiger partial charge on any atom is -0.508 e. The van der Waals surface area contributed by atoms with Gasteiger partial charge in [-0.3, -0.25) is 9.69 Å². The molecule has 2 aromatic carbocycles. The quantitative estimate of drug-likeness (QED) is 0.389. The smallest absolute Gasteiger partial charge is 0.227 e. The summed E-state index contributed by atoms with van der Waals surface area (Å²) in [4.78, 5) is 18.9. The maximum Gasteiger partial charge on any atom is 0.227 e. The molecule has 1 N–H and O–H groups in total. The highest BCUT2D eigenvalue weighted by atomic mass is 35.5. The van der Waals surface area contributed by atoms with E-state index in [2.05, 4.69) is 23.6 Å². The van der Waals surface area contributed by atoms with Crippen molar-refractivity contribution in [2.75, 3.05) is 26.7 Å². The summed E-state index contributed by atoms with van der Waals surface area (Å²) in [5, 5.41) is 12.2. The van der Waals surface area contributed by atoms with Gasteiger partial charge in [-0.1, -0.05) is 43.1 Å². The Balaban J connectivity index is 1.28. The van der Waals surface area contributed by atoms with Crippen LogP contribution in [0.25, 0.3) is 0 Å². The molecule has 2 saturated carbocycles. The minimum atomic E-state index is -0.234. The number of rotatable bonds is 8. The highest BCUT2D eigenvalue weighted by molar-refractivity contribution is 6.42. The van der Waals surface area contributed by atoms with E-state index in [9.17, 15) is 9.90 Å². The summed E-state index contributed by atoms with van der Waals surface area (Å²) in [5.74, 6) is 3.35. The number of hydrogen-bond acceptors (Lipinski definition) is 5. The molecule has 1 spiro atoms. The molecule has 41 heavy (non-hydrogen) atoms. The van der Waals surface area contributed by atoms with Gasteiger partial charge < -0.3 is 19.5 Å². The number of ether oxygens (including phenoxy) is 2. The molecule has 2 aliphatic heterocycles. The molecule has 2 heterocycles. The van der Waals surface area contributed by atoms with Crippen LogP contribution in [0, 0.1) is 17.8 Å². The van der Waals surface area contributed by atoms with Gasteiger partial charge in [-0.15, -0.1) is 0 Å². The summed E-state index contributed by atoms with van der Waals surface area (Å²) in [6.07, 6.45) is 6.54. The first-order chi connectivity index (χ1) is 19.7. The molecule has 1 amide bonds. The standard InChI is InChI=1S/C33H40Cl2N2O4/c1-18(2)16-37(29(39)13-20-6-8-23(34)24(35)12-20)25-9-7-22-26-14-21-27(38)15-28(40-3)31-30(21)33(22,32(25)41-31)10-11-36(26)17-19-4-5-19/h6,8,12,15,18-19,22,25-26,32,38H,4-5,7,9-11,13-14,16-17H2,1-3H3/t22-,25-,26+,32-,33-/m0/s1. The van der Waals surface area contributed by atoms with E-state index in [1.54, 1.807) is 25.3 Å². The van der Waals surface area contributed by atoms with Gasteiger partial charge in [0.2, 0.25) is 5.91 Å². The molecule has 5 atom stereocenters. The van der Waals surface area contributed by atoms with Crippen LogP contribution >= 0.6 is 23.2 Å². The molecular weight excluding hydrogens is 559 g/mol. The second-order valence-corrected chi connectivity index (χ2v) is 14.3. The fourth-order valence-corrected chi connectivity index (χ4v) is 9.04. The molecule has 220 valence electrons. The van der Waals surface area contributed by atoms with E-state index in [0.717, 1.165) is 67.1 Å². The zero-order valence-electron chi connectivity index (χ0n) is 24.2. The fraction of sp³-hybridized carbons (Fsp3) is 0.606. The molecule has 7 rings (SSSR count). The normalized spacial score (nSPS) is 29.7. The number of piperidine rings is 1. The lowest BCUT2D eigenvalue weighted by atomic mass is 9.50. The lowest BCUT2D eigenvalue weighted by Gasteiger charge is -2.60. The Morgan fingerprint density at radius 2 is 2.00 bits per heavy atom. The second kappa shape index (κ2) is 10.2. The monoisotopic (exact) mass is 598 g/mol. The topological polar surface area (TPSA) is 62.2 Å². The number of carbonyl (C=O) groups excluding carboxylic acids is 1. The molecule has 0 radical (unpaired) electrons. The van der Waals surface area contributed by atoms with Gasteiger partial charge in [0.15, 0.2) is 11.5 Å². The second-order valence-electron chi connectivity index (χ2n) is 13.4. The highest BCUT2D eigenvalue weighted by Crippen LogP contribution is 2.66. The maximum atomic E-state index is 14.1. The molecule has 8 heteroatoms. The Labute approximate surface area is 252 Å². The summed E-state index contributed by atoms with van der Waals surface area (Å²) < 4.78 is 12.8. The Bertz CT molecular complexity index is 1380. The lowest BCUT2D eigenvalue weighted by Crippen LogP contribution is -2.69. The molecule has 5 aliphatic rings. The van der Waals surface area contributed by atoms with Crippen molar-refractivity contribution in [2.45, 2.75) is 82.4 Å². The summed E-state index contributed by atoms with van der Waals surface area (Å²) in [7, 11) is 1.64. The Hall–Kier alpha value is -2.15. The SMILES string of the molecule is COc1cc(O)c2c3c1O[C@H]1[C@@H](N(CC(C)C)C(=O)Cc4ccc(Cl)c(Cl)c4)CC[C@H]4[C@@H](C2)N(CC2CC2)CC[C@@]341. The van der Waals surface area contributed by atoms with Crippen LogP contribution < -0.4 is 9.47 Å². The van der Waals surface area contributed by atoms with Gasteiger partial charge in [0.05, 0.1) is 29.6 Å². The van der Waals surface area contributed by atoms with Gasteiger partial charge in [0.1, 0.15) is 11.9 Å². The van der Waals surface area contributed by atoms with Gasteiger partial charge in [0.25, 0.3) is 0 Å². The van der Waals surface area contributed by atoms with Gasteiger partial charge in [-0.05, 0) is 80.5 Å². The number of methoxy groups -OCH3 is 1. The third-order valence-corrected chi connectivity index (χ3v) is 11.3. The Kier molecular flexibility index (Phi) is 6.91. The zero-order chi connectivity index (χ0) is 28.6. The average Bonchev–Trinajstić information content (AvgIpc) is 3.69. The van der Waals surface area contributed by atoms with Crippen LogP contribution in [0.5, 0.6) is 17.2 Å². The summed E-state index contributed by atoms with van der Waals surface area (Å²) in [6, 6.07) is 7.51. The van der Waals surface area contributed by atoms with Crippen LogP contribution in [-0.4, -0.2) is 65.7 Å². The lowest BCUT2D eigenvalue weighted by molar-refractivity contribution is -0.143. The van der Waals surface area contributed by atoms with Gasteiger partial charge in [-0.25, -0.2) is 0 Å². The van der Waals surface area contributed by atoms with Crippen molar-refractivity contribution in [1.82, 2.24) is 9.80 Å². The maximum absolute atomic E-state index is 14.1. The first-order valence-electron chi connectivity index (χ1n) is 15.3. The van der Waals surface area contributed by atoms with Crippen molar-refractivity contribution in [3.63, 3.8) is 0 Å². The van der Waals surface area contributed by atoms with Crippen LogP contribution in [-0.2, 0) is 23.1 Å². The van der Waals surface area contributed by atoms with Crippen molar-refractivity contribution in [1.29, 1.82) is 0 Å². The first-order valence-corrected chi connectivity index (χ1v) is 16.0. The van der Waals surface area contributed by atoms with Crippen LogP contribution in [0.15, 0.2) is 24.3 Å². The number of benzene rings is 2. The summed E-state index contributed by atoms with van der Waals surface area (Å²) in [5.41, 5.74) is 2.82. The van der Waals surface area contributed by atoms with E-state index < -0.39 is 0 Å². The molecule has 3 fully saturated rings. The number of aromatic hydroxyl groups is 1. The average molecular weight is 600 g/mol. The van der Waals surface area contributed by atoms with Crippen LogP contribution in [0.1, 0.15) is 62.6 Å². The third-order valence-electron chi connectivity index (χ3n) is 10.5. The number of amides is 1. The van der Waals surface area contributed by atoms with E-state index in [1.807, 2.05) is 6.07 Å². The van der Waals surface area contributed by atoms with Crippen molar-refractivity contribution < 1.29 is 19.4 Å². The van der Waals surface area contributed by atoms with Gasteiger partial charge in [0, 0.05) is 41.7 Å². The Morgan fingerprint density at radius 1 is 1.20 bits per heavy atom. The van der Waals surface area contributed by atoms with E-state index in [1.165, 1.54) is 12.8 Å². The number of halogens is 2. The highest BCUT2D eigenvalue weighted by Gasteiger charge is 2.67. The van der Waals surface area contributed by atoms with Crippen molar-refractivity contribution in [2.24, 2.45) is 17.8 Å².